The van der Waals surface area contributed by atoms with Crippen LogP contribution in [0.25, 0.3) is 6.08 Å². The second-order valence-corrected chi connectivity index (χ2v) is 5.25. The van der Waals surface area contributed by atoms with Crippen LogP contribution in [0.2, 0.25) is 0 Å². The first-order chi connectivity index (χ1) is 9.13. The summed E-state index contributed by atoms with van der Waals surface area (Å²) in [5.74, 6) is 0.948. The van der Waals surface area contributed by atoms with Gasteiger partial charge in [-0.2, -0.15) is 0 Å². The molecule has 1 aromatic rings. The average Bonchev–Trinajstić information content (AvgIpc) is 2.37. The maximum Gasteiger partial charge on any atom is 0.126 e. The third-order valence-electron chi connectivity index (χ3n) is 3.03. The number of aryl methyl sites for hydroxylation is 1. The van der Waals surface area contributed by atoms with Crippen molar-refractivity contribution in [3.05, 3.63) is 35.4 Å². The van der Waals surface area contributed by atoms with Crippen LogP contribution in [-0.2, 0) is 0 Å². The van der Waals surface area contributed by atoms with E-state index in [1.165, 1.54) is 24.0 Å². The van der Waals surface area contributed by atoms with Crippen LogP contribution in [-0.4, -0.2) is 19.7 Å². The Morgan fingerprint density at radius 3 is 2.74 bits per heavy atom. The molecule has 0 heterocycles. The van der Waals surface area contributed by atoms with Crippen LogP contribution in [0.5, 0.6) is 5.75 Å². The molecule has 19 heavy (non-hydrogen) atoms. The zero-order chi connectivity index (χ0) is 14.1. The molecule has 2 heteroatoms. The number of methoxy groups -OCH3 is 1. The summed E-state index contributed by atoms with van der Waals surface area (Å²) in [6.45, 7) is 7.58. The Hall–Kier alpha value is -1.28. The van der Waals surface area contributed by atoms with E-state index in [-0.39, 0.29) is 0 Å². The Labute approximate surface area is 117 Å². The molecule has 1 N–H and O–H groups in total. The number of rotatable bonds is 8. The van der Waals surface area contributed by atoms with E-state index in [0.717, 1.165) is 18.7 Å². The summed E-state index contributed by atoms with van der Waals surface area (Å²) in [6.07, 6.45) is 7.99. The van der Waals surface area contributed by atoms with Crippen LogP contribution in [0.15, 0.2) is 24.3 Å². The maximum absolute atomic E-state index is 5.36. The molecule has 0 saturated carbocycles. The monoisotopic (exact) mass is 261 g/mol. The molecule has 0 fully saturated rings. The zero-order valence-electron chi connectivity index (χ0n) is 12.7. The number of unbranched alkanes of at least 4 members (excludes halogenated alkanes) is 2. The zero-order valence-corrected chi connectivity index (χ0v) is 12.7. The van der Waals surface area contributed by atoms with E-state index in [1.807, 2.05) is 6.07 Å². The second-order valence-electron chi connectivity index (χ2n) is 5.25. The topological polar surface area (TPSA) is 21.3 Å². The van der Waals surface area contributed by atoms with Crippen molar-refractivity contribution in [1.82, 2.24) is 5.32 Å². The molecular weight excluding hydrogens is 234 g/mol. The Morgan fingerprint density at radius 1 is 1.26 bits per heavy atom. The molecule has 0 bridgehead atoms. The van der Waals surface area contributed by atoms with Gasteiger partial charge in [-0.25, -0.2) is 0 Å². The summed E-state index contributed by atoms with van der Waals surface area (Å²) < 4.78 is 5.36. The van der Waals surface area contributed by atoms with Crippen molar-refractivity contribution in [2.75, 3.05) is 13.7 Å². The minimum atomic E-state index is 0.590. The fourth-order valence-corrected chi connectivity index (χ4v) is 1.97. The number of nitrogens with one attached hydrogen (secondary N) is 1. The van der Waals surface area contributed by atoms with E-state index in [1.54, 1.807) is 7.11 Å². The van der Waals surface area contributed by atoms with Gasteiger partial charge in [-0.05, 0) is 44.9 Å². The molecule has 0 atom stereocenters. The largest absolute Gasteiger partial charge is 0.496 e. The number of allylic oxidation sites excluding steroid dienone is 1. The minimum absolute atomic E-state index is 0.590. The highest BCUT2D eigenvalue weighted by Gasteiger charge is 1.98. The van der Waals surface area contributed by atoms with Crippen LogP contribution in [0.4, 0.5) is 0 Å². The Bertz CT molecular complexity index is 396. The molecule has 0 aliphatic rings. The molecule has 1 rings (SSSR count). The number of ether oxygens (including phenoxy) is 1. The Balaban J connectivity index is 2.34. The van der Waals surface area contributed by atoms with Gasteiger partial charge < -0.3 is 10.1 Å². The van der Waals surface area contributed by atoms with Gasteiger partial charge in [0.2, 0.25) is 0 Å². The van der Waals surface area contributed by atoms with Gasteiger partial charge >= 0.3 is 0 Å². The van der Waals surface area contributed by atoms with Crippen LogP contribution < -0.4 is 10.1 Å². The first-order valence-electron chi connectivity index (χ1n) is 7.18. The highest BCUT2D eigenvalue weighted by Crippen LogP contribution is 2.21. The smallest absolute Gasteiger partial charge is 0.126 e. The molecule has 0 saturated heterocycles. The summed E-state index contributed by atoms with van der Waals surface area (Å²) in [5.41, 5.74) is 2.43. The minimum Gasteiger partial charge on any atom is -0.496 e. The quantitative estimate of drug-likeness (QED) is 0.709. The molecule has 106 valence electrons. The van der Waals surface area contributed by atoms with Crippen LogP contribution in [0, 0.1) is 6.92 Å². The summed E-state index contributed by atoms with van der Waals surface area (Å²) in [4.78, 5) is 0. The summed E-state index contributed by atoms with van der Waals surface area (Å²) >= 11 is 0. The fraction of sp³-hybridized carbons (Fsp3) is 0.529. The first kappa shape index (κ1) is 15.8. The van der Waals surface area contributed by atoms with Crippen molar-refractivity contribution in [2.24, 2.45) is 0 Å². The van der Waals surface area contributed by atoms with Crippen molar-refractivity contribution in [3.63, 3.8) is 0 Å². The van der Waals surface area contributed by atoms with Gasteiger partial charge in [-0.15, -0.1) is 0 Å². The molecule has 0 radical (unpaired) electrons. The molecule has 0 aliphatic carbocycles. The SMILES string of the molecule is COc1ccc(C)cc1/C=C/CCCCNC(C)C. The first-order valence-corrected chi connectivity index (χ1v) is 7.18. The number of hydrogen-bond acceptors (Lipinski definition) is 2. The molecule has 1 aromatic carbocycles. The second kappa shape index (κ2) is 8.76. The van der Waals surface area contributed by atoms with E-state index >= 15 is 0 Å². The lowest BCUT2D eigenvalue weighted by Gasteiger charge is -2.07. The third kappa shape index (κ3) is 6.44. The lowest BCUT2D eigenvalue weighted by atomic mass is 10.1. The van der Waals surface area contributed by atoms with Crippen molar-refractivity contribution < 1.29 is 4.74 Å². The number of hydrogen-bond donors (Lipinski definition) is 1. The van der Waals surface area contributed by atoms with Crippen molar-refractivity contribution >= 4 is 6.08 Å². The standard InChI is InChI=1S/C17H27NO/c1-14(2)18-12-8-6-5-7-9-16-13-15(3)10-11-17(16)19-4/h7,9-11,13-14,18H,5-6,8,12H2,1-4H3/b9-7+. The Morgan fingerprint density at radius 2 is 2.05 bits per heavy atom. The predicted octanol–water partition coefficient (Wildman–Crippen LogP) is 4.19. The van der Waals surface area contributed by atoms with Crippen LogP contribution >= 0.6 is 0 Å². The molecular formula is C17H27NO. The van der Waals surface area contributed by atoms with Gasteiger partial charge in [0.15, 0.2) is 0 Å². The van der Waals surface area contributed by atoms with E-state index in [4.69, 9.17) is 4.74 Å². The molecule has 0 unspecified atom stereocenters. The van der Waals surface area contributed by atoms with Crippen molar-refractivity contribution in [1.29, 1.82) is 0 Å². The molecule has 0 amide bonds. The van der Waals surface area contributed by atoms with Gasteiger partial charge in [-0.1, -0.05) is 37.6 Å². The normalized spacial score (nSPS) is 11.4. The lowest BCUT2D eigenvalue weighted by molar-refractivity contribution is 0.413. The summed E-state index contributed by atoms with van der Waals surface area (Å²) in [6, 6.07) is 6.86. The van der Waals surface area contributed by atoms with E-state index in [2.05, 4.69) is 50.4 Å². The van der Waals surface area contributed by atoms with E-state index in [0.29, 0.717) is 6.04 Å². The molecule has 2 nitrogen and oxygen atoms in total. The molecule has 0 spiro atoms. The number of benzene rings is 1. The summed E-state index contributed by atoms with van der Waals surface area (Å²) in [7, 11) is 1.72. The molecule has 0 aliphatic heterocycles. The summed E-state index contributed by atoms with van der Waals surface area (Å²) in [5, 5.41) is 3.44. The average molecular weight is 261 g/mol. The van der Waals surface area contributed by atoms with Gasteiger partial charge in [0.1, 0.15) is 5.75 Å². The van der Waals surface area contributed by atoms with Crippen molar-refractivity contribution in [2.45, 2.75) is 46.1 Å². The van der Waals surface area contributed by atoms with Gasteiger partial charge in [0.05, 0.1) is 7.11 Å². The van der Waals surface area contributed by atoms with Gasteiger partial charge in [0.25, 0.3) is 0 Å². The van der Waals surface area contributed by atoms with Gasteiger partial charge in [-0.3, -0.25) is 0 Å². The predicted molar refractivity (Wildman–Crippen MR) is 83.8 cm³/mol. The molecule has 0 aromatic heterocycles. The maximum atomic E-state index is 5.36. The van der Waals surface area contributed by atoms with Crippen LogP contribution in [0.1, 0.15) is 44.2 Å². The van der Waals surface area contributed by atoms with Gasteiger partial charge in [0, 0.05) is 11.6 Å². The van der Waals surface area contributed by atoms with Crippen LogP contribution in [0.3, 0.4) is 0 Å². The highest BCUT2D eigenvalue weighted by molar-refractivity contribution is 5.58. The lowest BCUT2D eigenvalue weighted by Crippen LogP contribution is -2.23. The van der Waals surface area contributed by atoms with E-state index in [9.17, 15) is 0 Å². The highest BCUT2D eigenvalue weighted by atomic mass is 16.5. The van der Waals surface area contributed by atoms with E-state index < -0.39 is 0 Å². The fourth-order valence-electron chi connectivity index (χ4n) is 1.97. The third-order valence-corrected chi connectivity index (χ3v) is 3.03. The Kier molecular flexibility index (Phi) is 7.27. The van der Waals surface area contributed by atoms with Crippen molar-refractivity contribution in [3.8, 4) is 5.75 Å².